The van der Waals surface area contributed by atoms with Gasteiger partial charge in [0.25, 0.3) is 0 Å². The summed E-state index contributed by atoms with van der Waals surface area (Å²) in [6.07, 6.45) is 2.03. The van der Waals surface area contributed by atoms with E-state index in [0.717, 1.165) is 47.4 Å². The topological polar surface area (TPSA) is 43.8 Å². The normalized spacial score (nSPS) is 11.0. The van der Waals surface area contributed by atoms with Gasteiger partial charge in [-0.25, -0.2) is 4.98 Å². The van der Waals surface area contributed by atoms with Crippen molar-refractivity contribution in [3.63, 3.8) is 0 Å². The second kappa shape index (κ2) is 6.28. The lowest BCUT2D eigenvalue weighted by molar-refractivity contribution is 0.721. The number of aryl methyl sites for hydroxylation is 1. The number of fused-ring (bicyclic) bond motifs is 1. The Kier molecular flexibility index (Phi) is 4.20. The van der Waals surface area contributed by atoms with Crippen LogP contribution in [0.3, 0.4) is 0 Å². The van der Waals surface area contributed by atoms with Crippen LogP contribution in [0.1, 0.15) is 30.3 Å². The first kappa shape index (κ1) is 14.7. The van der Waals surface area contributed by atoms with Crippen LogP contribution in [0.25, 0.3) is 11.0 Å². The van der Waals surface area contributed by atoms with Crippen molar-refractivity contribution in [2.24, 2.45) is 5.73 Å². The van der Waals surface area contributed by atoms with E-state index in [1.807, 2.05) is 24.3 Å². The Balaban J connectivity index is 2.10. The number of hydrogen-bond acceptors (Lipinski definition) is 2. The van der Waals surface area contributed by atoms with Crippen molar-refractivity contribution in [3.05, 3.63) is 65.5 Å². The quantitative estimate of drug-likeness (QED) is 0.731. The van der Waals surface area contributed by atoms with Crippen LogP contribution in [0.4, 0.5) is 0 Å². The van der Waals surface area contributed by atoms with E-state index in [0.29, 0.717) is 4.99 Å². The summed E-state index contributed by atoms with van der Waals surface area (Å²) in [7, 11) is 0. The third-order valence-electron chi connectivity index (χ3n) is 3.82. The number of benzene rings is 2. The van der Waals surface area contributed by atoms with Crippen LogP contribution in [0.15, 0.2) is 48.5 Å². The lowest BCUT2D eigenvalue weighted by atomic mass is 10.1. The molecule has 0 fully saturated rings. The molecule has 112 valence electrons. The highest BCUT2D eigenvalue weighted by atomic mass is 32.1. The zero-order valence-corrected chi connectivity index (χ0v) is 13.4. The second-order valence-corrected chi connectivity index (χ2v) is 5.81. The molecule has 3 aromatic rings. The maximum absolute atomic E-state index is 5.86. The van der Waals surface area contributed by atoms with Gasteiger partial charge in [0.1, 0.15) is 10.8 Å². The van der Waals surface area contributed by atoms with Crippen molar-refractivity contribution in [1.82, 2.24) is 9.55 Å². The number of imidazole rings is 1. The van der Waals surface area contributed by atoms with Crippen LogP contribution in [0.2, 0.25) is 0 Å². The predicted molar refractivity (Wildman–Crippen MR) is 95.2 cm³/mol. The predicted octanol–water partition coefficient (Wildman–Crippen LogP) is 3.67. The summed E-state index contributed by atoms with van der Waals surface area (Å²) in [4.78, 5) is 5.21. The van der Waals surface area contributed by atoms with Crippen LogP contribution in [-0.4, -0.2) is 14.5 Å². The Morgan fingerprint density at radius 2 is 1.86 bits per heavy atom. The Labute approximate surface area is 135 Å². The fourth-order valence-electron chi connectivity index (χ4n) is 2.79. The summed E-state index contributed by atoms with van der Waals surface area (Å²) in [6, 6.07) is 16.3. The maximum Gasteiger partial charge on any atom is 0.110 e. The molecule has 0 amide bonds. The van der Waals surface area contributed by atoms with Crippen molar-refractivity contribution < 1.29 is 0 Å². The van der Waals surface area contributed by atoms with Gasteiger partial charge in [0.2, 0.25) is 0 Å². The minimum atomic E-state index is 0.442. The number of nitrogens with zero attached hydrogens (tertiary/aromatic N) is 2. The van der Waals surface area contributed by atoms with E-state index in [9.17, 15) is 0 Å². The van der Waals surface area contributed by atoms with Gasteiger partial charge in [0.05, 0.1) is 17.6 Å². The third kappa shape index (κ3) is 2.74. The molecule has 0 saturated carbocycles. The largest absolute Gasteiger partial charge is 0.389 e. The first-order chi connectivity index (χ1) is 10.7. The minimum Gasteiger partial charge on any atom is -0.389 e. The van der Waals surface area contributed by atoms with Gasteiger partial charge in [-0.1, -0.05) is 55.5 Å². The van der Waals surface area contributed by atoms with Crippen LogP contribution in [0, 0.1) is 0 Å². The van der Waals surface area contributed by atoms with Gasteiger partial charge in [-0.3, -0.25) is 0 Å². The lowest BCUT2D eigenvalue weighted by Crippen LogP contribution is -2.14. The van der Waals surface area contributed by atoms with E-state index >= 15 is 0 Å². The van der Waals surface area contributed by atoms with E-state index in [-0.39, 0.29) is 0 Å². The standard InChI is InChI=1S/C18H19N3S/c1-2-7-17-20-15-10-5-6-11-16(15)21(17)12-13-8-3-4-9-14(13)18(19)22/h3-6,8-11H,2,7,12H2,1H3,(H2,19,22). The van der Waals surface area contributed by atoms with E-state index in [4.69, 9.17) is 22.9 Å². The van der Waals surface area contributed by atoms with Gasteiger partial charge >= 0.3 is 0 Å². The molecular weight excluding hydrogens is 290 g/mol. The monoisotopic (exact) mass is 309 g/mol. The van der Waals surface area contributed by atoms with Crippen LogP contribution >= 0.6 is 12.2 Å². The Morgan fingerprint density at radius 1 is 1.14 bits per heavy atom. The molecule has 22 heavy (non-hydrogen) atoms. The second-order valence-electron chi connectivity index (χ2n) is 5.37. The zero-order chi connectivity index (χ0) is 15.5. The minimum absolute atomic E-state index is 0.442. The van der Waals surface area contributed by atoms with Gasteiger partial charge < -0.3 is 10.3 Å². The molecule has 0 saturated heterocycles. The van der Waals surface area contributed by atoms with E-state index < -0.39 is 0 Å². The zero-order valence-electron chi connectivity index (χ0n) is 12.6. The Morgan fingerprint density at radius 3 is 2.64 bits per heavy atom. The van der Waals surface area contributed by atoms with Gasteiger partial charge in [0, 0.05) is 12.0 Å². The van der Waals surface area contributed by atoms with Gasteiger partial charge in [0.15, 0.2) is 0 Å². The molecule has 3 nitrogen and oxygen atoms in total. The Bertz CT molecular complexity index is 820. The fraction of sp³-hybridized carbons (Fsp3) is 0.222. The summed E-state index contributed by atoms with van der Waals surface area (Å²) in [5.41, 5.74) is 10.1. The maximum atomic E-state index is 5.86. The fourth-order valence-corrected chi connectivity index (χ4v) is 2.98. The molecule has 0 bridgehead atoms. The molecule has 2 aromatic carbocycles. The molecule has 0 spiro atoms. The van der Waals surface area contributed by atoms with E-state index in [1.54, 1.807) is 0 Å². The van der Waals surface area contributed by atoms with Crippen molar-refractivity contribution in [1.29, 1.82) is 0 Å². The highest BCUT2D eigenvalue weighted by Crippen LogP contribution is 2.20. The molecule has 2 N–H and O–H groups in total. The number of nitrogens with two attached hydrogens (primary N) is 1. The summed E-state index contributed by atoms with van der Waals surface area (Å²) in [5.74, 6) is 1.11. The lowest BCUT2D eigenvalue weighted by Gasteiger charge is -2.12. The average Bonchev–Trinajstić information content (AvgIpc) is 2.86. The number of hydrogen-bond donors (Lipinski definition) is 1. The summed E-state index contributed by atoms with van der Waals surface area (Å²) in [6.45, 7) is 2.91. The highest BCUT2D eigenvalue weighted by molar-refractivity contribution is 7.80. The molecular formula is C18H19N3S. The number of thiocarbonyl (C=S) groups is 1. The molecule has 1 aromatic heterocycles. The smallest absolute Gasteiger partial charge is 0.110 e. The first-order valence-electron chi connectivity index (χ1n) is 7.52. The van der Waals surface area contributed by atoms with Crippen LogP contribution in [0.5, 0.6) is 0 Å². The molecule has 3 rings (SSSR count). The molecule has 4 heteroatoms. The molecule has 0 aliphatic heterocycles. The summed E-state index contributed by atoms with van der Waals surface area (Å²) in [5, 5.41) is 0. The number of rotatable bonds is 5. The highest BCUT2D eigenvalue weighted by Gasteiger charge is 2.12. The molecule has 1 heterocycles. The van der Waals surface area contributed by atoms with Gasteiger partial charge in [-0.2, -0.15) is 0 Å². The first-order valence-corrected chi connectivity index (χ1v) is 7.93. The van der Waals surface area contributed by atoms with E-state index in [2.05, 4.69) is 35.8 Å². The molecule has 0 aliphatic carbocycles. The van der Waals surface area contributed by atoms with Crippen LogP contribution < -0.4 is 5.73 Å². The SMILES string of the molecule is CCCc1nc2ccccc2n1Cc1ccccc1C(N)=S. The van der Waals surface area contributed by atoms with Gasteiger partial charge in [-0.05, 0) is 24.1 Å². The molecule has 0 aliphatic rings. The van der Waals surface area contributed by atoms with Crippen molar-refractivity contribution in [2.45, 2.75) is 26.3 Å². The Hall–Kier alpha value is -2.20. The molecule has 0 radical (unpaired) electrons. The van der Waals surface area contributed by atoms with Crippen LogP contribution in [-0.2, 0) is 13.0 Å². The molecule has 0 unspecified atom stereocenters. The summed E-state index contributed by atoms with van der Waals surface area (Å²) < 4.78 is 2.27. The molecule has 0 atom stereocenters. The average molecular weight is 309 g/mol. The van der Waals surface area contributed by atoms with Crippen molar-refractivity contribution in [2.75, 3.05) is 0 Å². The van der Waals surface area contributed by atoms with Crippen molar-refractivity contribution >= 4 is 28.2 Å². The van der Waals surface area contributed by atoms with Crippen molar-refractivity contribution in [3.8, 4) is 0 Å². The van der Waals surface area contributed by atoms with Gasteiger partial charge in [-0.15, -0.1) is 0 Å². The third-order valence-corrected chi connectivity index (χ3v) is 4.04. The summed E-state index contributed by atoms with van der Waals surface area (Å²) >= 11 is 5.18. The number of para-hydroxylation sites is 2. The van der Waals surface area contributed by atoms with E-state index in [1.165, 1.54) is 0 Å². The number of aromatic nitrogens is 2.